The van der Waals surface area contributed by atoms with Crippen LogP contribution in [0.3, 0.4) is 0 Å². The van der Waals surface area contributed by atoms with Gasteiger partial charge < -0.3 is 13.7 Å². The second-order valence-electron chi connectivity index (χ2n) is 14.1. The zero-order chi connectivity index (χ0) is 36.3. The third-order valence-electron chi connectivity index (χ3n) is 10.9. The molecule has 0 saturated carbocycles. The van der Waals surface area contributed by atoms with E-state index in [1.807, 2.05) is 12.1 Å². The van der Waals surface area contributed by atoms with Crippen molar-refractivity contribution in [1.82, 2.24) is 0 Å². The summed E-state index contributed by atoms with van der Waals surface area (Å²) in [5, 5.41) is 6.86. The van der Waals surface area contributed by atoms with E-state index in [4.69, 9.17) is 8.83 Å². The van der Waals surface area contributed by atoms with Gasteiger partial charge in [0.05, 0.1) is 5.69 Å². The first-order valence-corrected chi connectivity index (χ1v) is 18.7. The third-order valence-corrected chi connectivity index (χ3v) is 10.9. The summed E-state index contributed by atoms with van der Waals surface area (Å²) < 4.78 is 13.0. The predicted molar refractivity (Wildman–Crippen MR) is 229 cm³/mol. The average Bonchev–Trinajstić information content (AvgIpc) is 3.82. The Bertz CT molecular complexity index is 3190. The quantitative estimate of drug-likeness (QED) is 0.173. The fraction of sp³-hybridized carbons (Fsp3) is 0. The van der Waals surface area contributed by atoms with Gasteiger partial charge in [0.15, 0.2) is 0 Å². The molecule has 0 fully saturated rings. The van der Waals surface area contributed by atoms with Crippen LogP contribution < -0.4 is 4.90 Å². The van der Waals surface area contributed by atoms with Crippen LogP contribution in [0.5, 0.6) is 0 Å². The molecule has 258 valence electrons. The zero-order valence-electron chi connectivity index (χ0n) is 29.8. The van der Waals surface area contributed by atoms with Crippen molar-refractivity contribution in [1.29, 1.82) is 0 Å². The Morgan fingerprint density at radius 1 is 0.327 bits per heavy atom. The smallest absolute Gasteiger partial charge is 0.143 e. The van der Waals surface area contributed by atoms with E-state index in [-0.39, 0.29) is 0 Å². The first-order chi connectivity index (χ1) is 27.3. The number of rotatable bonds is 6. The minimum absolute atomic E-state index is 0.885. The van der Waals surface area contributed by atoms with Gasteiger partial charge in [-0.3, -0.25) is 0 Å². The van der Waals surface area contributed by atoms with E-state index < -0.39 is 0 Å². The highest BCUT2D eigenvalue weighted by Crippen LogP contribution is 2.46. The van der Waals surface area contributed by atoms with Gasteiger partial charge in [0.25, 0.3) is 0 Å². The molecule has 0 unspecified atom stereocenters. The molecular weight excluding hydrogens is 671 g/mol. The summed E-state index contributed by atoms with van der Waals surface area (Å²) >= 11 is 0. The van der Waals surface area contributed by atoms with Crippen LogP contribution >= 0.6 is 0 Å². The second-order valence-corrected chi connectivity index (χ2v) is 14.1. The maximum absolute atomic E-state index is 6.75. The minimum atomic E-state index is 0.885. The summed E-state index contributed by atoms with van der Waals surface area (Å²) in [6.45, 7) is 0. The van der Waals surface area contributed by atoms with Gasteiger partial charge in [0, 0.05) is 44.0 Å². The summed E-state index contributed by atoms with van der Waals surface area (Å²) in [6.07, 6.45) is 0. The molecule has 0 aliphatic carbocycles. The summed E-state index contributed by atoms with van der Waals surface area (Å²) in [4.78, 5) is 2.36. The molecule has 0 saturated heterocycles. The molecule has 11 aromatic rings. The number of furan rings is 2. The molecule has 0 atom stereocenters. The first kappa shape index (κ1) is 31.2. The maximum atomic E-state index is 6.75. The van der Waals surface area contributed by atoms with Crippen LogP contribution in [-0.4, -0.2) is 0 Å². The van der Waals surface area contributed by atoms with Crippen molar-refractivity contribution in [3.8, 4) is 33.4 Å². The lowest BCUT2D eigenvalue weighted by molar-refractivity contribution is 0.669. The van der Waals surface area contributed by atoms with Crippen molar-refractivity contribution in [2.75, 3.05) is 4.90 Å². The van der Waals surface area contributed by atoms with Crippen molar-refractivity contribution in [2.24, 2.45) is 0 Å². The van der Waals surface area contributed by atoms with Crippen LogP contribution in [0.25, 0.3) is 88.0 Å². The van der Waals surface area contributed by atoms with Crippen LogP contribution in [0, 0.1) is 0 Å². The zero-order valence-corrected chi connectivity index (χ0v) is 29.8. The van der Waals surface area contributed by atoms with Crippen molar-refractivity contribution >= 4 is 71.7 Å². The largest absolute Gasteiger partial charge is 0.456 e. The molecule has 0 amide bonds. The summed E-state index contributed by atoms with van der Waals surface area (Å²) in [7, 11) is 0. The SMILES string of the molecule is c1ccc(-c2ccc(N(c3ccc(-c4cccc5oc6ccccc6c45)cc3)c3ccccc3-c3cccc4c3oc3cc5ccccc5cc34)cc2)cc1. The standard InChI is InChI=1S/C52H33NO2/c1-2-12-34(13-3-1)35-24-28-39(29-25-35)53(40-30-26-36(27-31-40)41-18-11-23-49-51(41)45-17-7-9-22-48(45)54-49)47-21-8-6-16-42(47)43-19-10-20-44-46-32-37-14-4-5-15-38(37)33-50(46)55-52(43)44/h1-33H. The fourth-order valence-corrected chi connectivity index (χ4v) is 8.26. The van der Waals surface area contributed by atoms with Crippen molar-refractivity contribution in [3.05, 3.63) is 200 Å². The van der Waals surface area contributed by atoms with Gasteiger partial charge in [-0.25, -0.2) is 0 Å². The van der Waals surface area contributed by atoms with Gasteiger partial charge in [0.1, 0.15) is 22.3 Å². The Kier molecular flexibility index (Phi) is 7.17. The van der Waals surface area contributed by atoms with E-state index in [0.717, 1.165) is 83.2 Å². The van der Waals surface area contributed by atoms with E-state index >= 15 is 0 Å². The normalized spacial score (nSPS) is 11.6. The summed E-state index contributed by atoms with van der Waals surface area (Å²) in [6, 6.07) is 70.9. The lowest BCUT2D eigenvalue weighted by Crippen LogP contribution is -2.11. The molecule has 0 N–H and O–H groups in total. The van der Waals surface area contributed by atoms with Gasteiger partial charge in [0.2, 0.25) is 0 Å². The summed E-state index contributed by atoms with van der Waals surface area (Å²) in [5.41, 5.74) is 13.5. The molecule has 0 aliphatic rings. The molecule has 2 aromatic heterocycles. The Balaban J connectivity index is 1.08. The number of anilines is 3. The van der Waals surface area contributed by atoms with Gasteiger partial charge in [-0.05, 0) is 87.6 Å². The average molecular weight is 704 g/mol. The highest BCUT2D eigenvalue weighted by Gasteiger charge is 2.21. The third kappa shape index (κ3) is 5.20. The van der Waals surface area contributed by atoms with Crippen molar-refractivity contribution < 1.29 is 8.83 Å². The molecule has 0 radical (unpaired) electrons. The molecule has 0 spiro atoms. The highest BCUT2D eigenvalue weighted by molar-refractivity contribution is 6.14. The topological polar surface area (TPSA) is 29.5 Å². The molecule has 3 heteroatoms. The molecular formula is C52H33NO2. The lowest BCUT2D eigenvalue weighted by atomic mass is 9.97. The van der Waals surface area contributed by atoms with Crippen LogP contribution in [0.15, 0.2) is 209 Å². The Morgan fingerprint density at radius 2 is 0.909 bits per heavy atom. The highest BCUT2D eigenvalue weighted by atomic mass is 16.3. The van der Waals surface area contributed by atoms with Gasteiger partial charge >= 0.3 is 0 Å². The number of hydrogen-bond donors (Lipinski definition) is 0. The van der Waals surface area contributed by atoms with E-state index in [1.165, 1.54) is 21.9 Å². The van der Waals surface area contributed by atoms with Crippen LogP contribution in [0.4, 0.5) is 17.1 Å². The molecule has 2 heterocycles. The number of hydrogen-bond acceptors (Lipinski definition) is 3. The molecule has 3 nitrogen and oxygen atoms in total. The van der Waals surface area contributed by atoms with Crippen LogP contribution in [-0.2, 0) is 0 Å². The van der Waals surface area contributed by atoms with Gasteiger partial charge in [-0.1, -0.05) is 146 Å². The number of nitrogens with zero attached hydrogens (tertiary/aromatic N) is 1. The number of benzene rings is 9. The van der Waals surface area contributed by atoms with Gasteiger partial charge in [-0.15, -0.1) is 0 Å². The number of fused-ring (bicyclic) bond motifs is 7. The van der Waals surface area contributed by atoms with Crippen LogP contribution in [0.1, 0.15) is 0 Å². The van der Waals surface area contributed by atoms with Crippen molar-refractivity contribution in [3.63, 3.8) is 0 Å². The summed E-state index contributed by atoms with van der Waals surface area (Å²) in [5.74, 6) is 0. The molecule has 9 aromatic carbocycles. The molecule has 0 aliphatic heterocycles. The molecule has 11 rings (SSSR count). The van der Waals surface area contributed by atoms with Gasteiger partial charge in [-0.2, -0.15) is 0 Å². The van der Waals surface area contributed by atoms with Crippen molar-refractivity contribution in [2.45, 2.75) is 0 Å². The molecule has 0 bridgehead atoms. The lowest BCUT2D eigenvalue weighted by Gasteiger charge is -2.28. The Labute approximate surface area is 317 Å². The van der Waals surface area contributed by atoms with E-state index in [1.54, 1.807) is 0 Å². The predicted octanol–water partition coefficient (Wildman–Crippen LogP) is 15.1. The maximum Gasteiger partial charge on any atom is 0.143 e. The van der Waals surface area contributed by atoms with E-state index in [2.05, 4.69) is 193 Å². The monoisotopic (exact) mass is 703 g/mol. The number of para-hydroxylation sites is 3. The van der Waals surface area contributed by atoms with Crippen LogP contribution in [0.2, 0.25) is 0 Å². The first-order valence-electron chi connectivity index (χ1n) is 18.7. The fourth-order valence-electron chi connectivity index (χ4n) is 8.26. The molecule has 55 heavy (non-hydrogen) atoms. The second kappa shape index (κ2) is 12.6. The minimum Gasteiger partial charge on any atom is -0.456 e. The van der Waals surface area contributed by atoms with E-state index in [0.29, 0.717) is 0 Å². The Morgan fingerprint density at radius 3 is 1.73 bits per heavy atom. The van der Waals surface area contributed by atoms with E-state index in [9.17, 15) is 0 Å². The Hall–Kier alpha value is -7.36.